The molecule has 1 unspecified atom stereocenters. The number of para-hydroxylation sites is 2. The number of nitriles is 1. The van der Waals surface area contributed by atoms with E-state index >= 15 is 0 Å². The van der Waals surface area contributed by atoms with Crippen LogP contribution in [0.4, 0.5) is 10.3 Å². The Hall–Kier alpha value is -2.62. The van der Waals surface area contributed by atoms with Crippen molar-refractivity contribution in [1.82, 2.24) is 9.55 Å². The summed E-state index contributed by atoms with van der Waals surface area (Å²) in [6.45, 7) is 3.16. The fourth-order valence-corrected chi connectivity index (χ4v) is 3.76. The minimum Gasteiger partial charge on any atom is -0.340 e. The number of halogens is 2. The average Bonchev–Trinajstić information content (AvgIpc) is 3.09. The molecule has 146 valence electrons. The van der Waals surface area contributed by atoms with E-state index in [0.717, 1.165) is 22.5 Å². The maximum Gasteiger partial charge on any atom is 0.207 e. The van der Waals surface area contributed by atoms with Gasteiger partial charge in [0.05, 0.1) is 34.7 Å². The number of nitrogens with zero attached hydrogens (tertiary/aromatic N) is 4. The topological polar surface area (TPSA) is 70.9 Å². The van der Waals surface area contributed by atoms with Crippen molar-refractivity contribution in [1.29, 1.82) is 5.26 Å². The van der Waals surface area contributed by atoms with Crippen molar-refractivity contribution in [3.8, 4) is 6.07 Å². The van der Waals surface area contributed by atoms with Gasteiger partial charge in [0.15, 0.2) is 0 Å². The largest absolute Gasteiger partial charge is 0.340 e. The van der Waals surface area contributed by atoms with Crippen molar-refractivity contribution < 1.29 is 4.39 Å². The molecule has 3 atom stereocenters. The fourth-order valence-electron chi connectivity index (χ4n) is 3.76. The summed E-state index contributed by atoms with van der Waals surface area (Å²) >= 11 is 0. The highest BCUT2D eigenvalue weighted by molar-refractivity contribution is 5.85. The summed E-state index contributed by atoms with van der Waals surface area (Å²) in [6, 6.07) is 17.3. The summed E-state index contributed by atoms with van der Waals surface area (Å²) in [5, 5.41) is 9.04. The van der Waals surface area contributed by atoms with E-state index < -0.39 is 12.2 Å². The van der Waals surface area contributed by atoms with Gasteiger partial charge in [-0.05, 0) is 43.2 Å². The summed E-state index contributed by atoms with van der Waals surface area (Å²) in [7, 11) is 0. The fraction of sp³-hybridized carbons (Fsp3) is 0.333. The zero-order valence-electron chi connectivity index (χ0n) is 15.6. The van der Waals surface area contributed by atoms with Crippen molar-refractivity contribution in [2.24, 2.45) is 5.73 Å². The van der Waals surface area contributed by atoms with Crippen LogP contribution in [-0.2, 0) is 0 Å². The second-order valence-electron chi connectivity index (χ2n) is 7.09. The van der Waals surface area contributed by atoms with Crippen LogP contribution >= 0.6 is 12.4 Å². The van der Waals surface area contributed by atoms with Crippen LogP contribution in [0.1, 0.15) is 30.5 Å². The Morgan fingerprint density at radius 1 is 1.21 bits per heavy atom. The predicted octanol–water partition coefficient (Wildman–Crippen LogP) is 3.81. The molecule has 2 heterocycles. The quantitative estimate of drug-likeness (QED) is 0.726. The van der Waals surface area contributed by atoms with Crippen molar-refractivity contribution in [2.75, 3.05) is 18.0 Å². The maximum absolute atomic E-state index is 13.9. The highest BCUT2D eigenvalue weighted by Crippen LogP contribution is 2.32. The van der Waals surface area contributed by atoms with Gasteiger partial charge in [-0.15, -0.1) is 12.4 Å². The second kappa shape index (κ2) is 8.17. The lowest BCUT2D eigenvalue weighted by molar-refractivity contribution is 0.243. The van der Waals surface area contributed by atoms with E-state index in [1.54, 1.807) is 0 Å². The van der Waals surface area contributed by atoms with Gasteiger partial charge in [0.2, 0.25) is 5.95 Å². The molecule has 5 nitrogen and oxygen atoms in total. The van der Waals surface area contributed by atoms with Crippen molar-refractivity contribution in [3.05, 3.63) is 59.7 Å². The number of piperidine rings is 1. The number of alkyl halides is 1. The number of benzene rings is 2. The first-order chi connectivity index (χ1) is 13.1. The summed E-state index contributed by atoms with van der Waals surface area (Å²) < 4.78 is 16.0. The van der Waals surface area contributed by atoms with Crippen molar-refractivity contribution in [2.45, 2.75) is 31.6 Å². The Kier molecular flexibility index (Phi) is 5.87. The minimum absolute atomic E-state index is 0. The molecule has 2 N–H and O–H groups in total. The standard InChI is InChI=1S/C21H22FN5.ClH/c1-14(16-8-6-15(12-23)7-9-16)27-20-5-3-2-4-19(20)25-21(27)26-11-10-17(22)18(24)13-26;/h2-9,14,17-18H,10-11,13,24H2,1H3;1H/t14?,17-,18+;/m0./s1. The number of hydrogen-bond donors (Lipinski definition) is 1. The molecule has 0 spiro atoms. The predicted molar refractivity (Wildman–Crippen MR) is 112 cm³/mol. The van der Waals surface area contributed by atoms with Gasteiger partial charge in [0, 0.05) is 13.1 Å². The smallest absolute Gasteiger partial charge is 0.207 e. The Morgan fingerprint density at radius 3 is 2.61 bits per heavy atom. The van der Waals surface area contributed by atoms with E-state index in [4.69, 9.17) is 16.0 Å². The number of hydrogen-bond acceptors (Lipinski definition) is 4. The first-order valence-electron chi connectivity index (χ1n) is 9.20. The molecule has 1 saturated heterocycles. The maximum atomic E-state index is 13.9. The minimum atomic E-state index is -0.963. The van der Waals surface area contributed by atoms with Crippen molar-refractivity contribution in [3.63, 3.8) is 0 Å². The normalized spacial score (nSPS) is 20.4. The SMILES string of the molecule is CC(c1ccc(C#N)cc1)n1c(N2CC[C@H](F)[C@H](N)C2)nc2ccccc21.Cl. The van der Waals surface area contributed by atoms with E-state index in [-0.39, 0.29) is 18.4 Å². The van der Waals surface area contributed by atoms with Crippen LogP contribution in [0.25, 0.3) is 11.0 Å². The van der Waals surface area contributed by atoms with Crippen LogP contribution in [0.15, 0.2) is 48.5 Å². The van der Waals surface area contributed by atoms with Gasteiger partial charge in [-0.3, -0.25) is 0 Å². The van der Waals surface area contributed by atoms with Gasteiger partial charge >= 0.3 is 0 Å². The molecule has 1 fully saturated rings. The number of anilines is 1. The van der Waals surface area contributed by atoms with Crippen molar-refractivity contribution >= 4 is 29.4 Å². The van der Waals surface area contributed by atoms with Crippen LogP contribution < -0.4 is 10.6 Å². The van der Waals surface area contributed by atoms with Crippen LogP contribution in [0.3, 0.4) is 0 Å². The molecule has 28 heavy (non-hydrogen) atoms. The van der Waals surface area contributed by atoms with Crippen LogP contribution in [0, 0.1) is 11.3 Å². The number of aromatic nitrogens is 2. The molecule has 2 aromatic carbocycles. The van der Waals surface area contributed by atoms with Gasteiger partial charge in [-0.25, -0.2) is 9.37 Å². The molecule has 1 aliphatic heterocycles. The van der Waals surface area contributed by atoms with Gasteiger partial charge in [0.1, 0.15) is 6.17 Å². The summed E-state index contributed by atoms with van der Waals surface area (Å²) in [5.74, 6) is 0.815. The highest BCUT2D eigenvalue weighted by Gasteiger charge is 2.30. The average molecular weight is 400 g/mol. The number of rotatable bonds is 3. The lowest BCUT2D eigenvalue weighted by Crippen LogP contribution is -2.50. The van der Waals surface area contributed by atoms with Gasteiger partial charge in [-0.2, -0.15) is 5.26 Å². The Balaban J connectivity index is 0.00000225. The van der Waals surface area contributed by atoms with Crippen LogP contribution in [0.2, 0.25) is 0 Å². The molecular formula is C21H23ClFN5. The lowest BCUT2D eigenvalue weighted by atomic mass is 10.0. The molecule has 0 amide bonds. The van der Waals surface area contributed by atoms with Crippen LogP contribution in [-0.4, -0.2) is 34.9 Å². The zero-order valence-corrected chi connectivity index (χ0v) is 16.4. The van der Waals surface area contributed by atoms with E-state index in [0.29, 0.717) is 25.1 Å². The number of imidazole rings is 1. The summed E-state index contributed by atoms with van der Waals surface area (Å²) in [5.41, 5.74) is 9.64. The number of nitrogens with two attached hydrogens (primary N) is 1. The summed E-state index contributed by atoms with van der Waals surface area (Å²) in [6.07, 6.45) is -0.551. The lowest BCUT2D eigenvalue weighted by Gasteiger charge is -2.35. The third-order valence-electron chi connectivity index (χ3n) is 5.34. The highest BCUT2D eigenvalue weighted by atomic mass is 35.5. The van der Waals surface area contributed by atoms with E-state index in [1.165, 1.54) is 0 Å². The second-order valence-corrected chi connectivity index (χ2v) is 7.09. The molecule has 7 heteroatoms. The molecule has 1 aromatic heterocycles. The third kappa shape index (κ3) is 3.56. The van der Waals surface area contributed by atoms with Gasteiger partial charge < -0.3 is 15.2 Å². The third-order valence-corrected chi connectivity index (χ3v) is 5.34. The molecule has 0 aliphatic carbocycles. The summed E-state index contributed by atoms with van der Waals surface area (Å²) in [4.78, 5) is 6.92. The van der Waals surface area contributed by atoms with Gasteiger partial charge in [-0.1, -0.05) is 24.3 Å². The molecular weight excluding hydrogens is 377 g/mol. The van der Waals surface area contributed by atoms with E-state index in [2.05, 4.69) is 22.5 Å². The first-order valence-corrected chi connectivity index (χ1v) is 9.20. The molecule has 1 aliphatic rings. The Bertz CT molecular complexity index is 994. The van der Waals surface area contributed by atoms with Crippen LogP contribution in [0.5, 0.6) is 0 Å². The van der Waals surface area contributed by atoms with E-state index in [1.807, 2.05) is 48.5 Å². The van der Waals surface area contributed by atoms with Gasteiger partial charge in [0.25, 0.3) is 0 Å². The molecule has 0 bridgehead atoms. The molecule has 4 rings (SSSR count). The van der Waals surface area contributed by atoms with E-state index in [9.17, 15) is 4.39 Å². The Labute approximate surface area is 170 Å². The zero-order chi connectivity index (χ0) is 19.0. The molecule has 0 radical (unpaired) electrons. The Morgan fingerprint density at radius 2 is 1.93 bits per heavy atom. The monoisotopic (exact) mass is 399 g/mol. The molecule has 3 aromatic rings. The first kappa shape index (κ1) is 20.1. The molecule has 0 saturated carbocycles. The number of fused-ring (bicyclic) bond motifs is 1.